The number of H-pyrrole nitrogens is 2. The Hall–Kier alpha value is -2.90. The maximum atomic E-state index is 12.5. The molecule has 0 saturated heterocycles. The van der Waals surface area contributed by atoms with Crippen molar-refractivity contribution < 1.29 is 9.78 Å². The summed E-state index contributed by atoms with van der Waals surface area (Å²) in [7, 11) is 1.70. The average Bonchev–Trinajstić information content (AvgIpc) is 3.30. The van der Waals surface area contributed by atoms with Crippen molar-refractivity contribution in [1.29, 1.82) is 0 Å². The number of imidazole rings is 1. The largest absolute Gasteiger partial charge is 0.326 e. The highest BCUT2D eigenvalue weighted by Crippen LogP contribution is 2.22. The number of carbonyl (C=O) groups excluding carboxylic acids is 1. The molecular weight excluding hydrogens is 370 g/mol. The first-order valence-corrected chi connectivity index (χ1v) is 9.16. The second-order valence-electron chi connectivity index (χ2n) is 5.73. The third-order valence-corrected chi connectivity index (χ3v) is 4.80. The molecule has 3 N–H and O–H groups in total. The number of thiazole rings is 1. The number of halogens is 1. The maximum Gasteiger partial charge on any atom is 0.326 e. The molecule has 2 aromatic heterocycles. The van der Waals surface area contributed by atoms with Crippen molar-refractivity contribution in [2.45, 2.75) is 0 Å². The molecule has 0 aliphatic heterocycles. The van der Waals surface area contributed by atoms with Gasteiger partial charge in [-0.2, -0.15) is 0 Å². The van der Waals surface area contributed by atoms with Gasteiger partial charge < -0.3 is 5.32 Å². The van der Waals surface area contributed by atoms with Crippen molar-refractivity contribution in [3.63, 3.8) is 0 Å². The van der Waals surface area contributed by atoms with Crippen LogP contribution in [0.1, 0.15) is 0 Å². The maximum absolute atomic E-state index is 12.5. The van der Waals surface area contributed by atoms with Gasteiger partial charge in [0.1, 0.15) is 0 Å². The lowest BCUT2D eigenvalue weighted by Gasteiger charge is -2.18. The van der Waals surface area contributed by atoms with Gasteiger partial charge in [-0.15, -0.1) is 11.3 Å². The standard InChI is InChI=1S/C18H14ClN5OS/c1-24(13-4-2-3-11(19)7-13)18(25)21-12-5-6-14-15(8-12)23-17(22-14)16-9-26-10-20-16/h2-10H,1H3,(H,21,25)(H,22,23)/p+1. The Morgan fingerprint density at radius 1 is 1.31 bits per heavy atom. The van der Waals surface area contributed by atoms with Crippen LogP contribution in [-0.4, -0.2) is 23.0 Å². The molecule has 6 nitrogen and oxygen atoms in total. The first-order chi connectivity index (χ1) is 12.6. The van der Waals surface area contributed by atoms with Crippen LogP contribution in [0, 0.1) is 0 Å². The van der Waals surface area contributed by atoms with Crippen molar-refractivity contribution in [2.24, 2.45) is 0 Å². The van der Waals surface area contributed by atoms with Crippen LogP contribution in [0.2, 0.25) is 5.02 Å². The molecule has 0 fully saturated rings. The van der Waals surface area contributed by atoms with Crippen molar-refractivity contribution in [1.82, 2.24) is 9.97 Å². The Morgan fingerprint density at radius 2 is 2.19 bits per heavy atom. The van der Waals surface area contributed by atoms with Crippen LogP contribution >= 0.6 is 22.9 Å². The first kappa shape index (κ1) is 16.6. The summed E-state index contributed by atoms with van der Waals surface area (Å²) < 4.78 is 0. The van der Waals surface area contributed by atoms with Crippen LogP contribution in [0.3, 0.4) is 0 Å². The number of rotatable bonds is 3. The number of hydrogen-bond donors (Lipinski definition) is 2. The number of fused-ring (bicyclic) bond motifs is 1. The van der Waals surface area contributed by atoms with Gasteiger partial charge in [0, 0.05) is 34.9 Å². The molecular formula is C18H15ClN5OS+. The zero-order chi connectivity index (χ0) is 18.1. The molecule has 8 heteroatoms. The summed E-state index contributed by atoms with van der Waals surface area (Å²) in [6, 6.07) is 12.5. The normalized spacial score (nSPS) is 10.8. The van der Waals surface area contributed by atoms with E-state index in [1.54, 1.807) is 24.7 Å². The summed E-state index contributed by atoms with van der Waals surface area (Å²) in [6.45, 7) is 0. The number of benzene rings is 2. The summed E-state index contributed by atoms with van der Waals surface area (Å²) in [4.78, 5) is 24.9. The van der Waals surface area contributed by atoms with Gasteiger partial charge >= 0.3 is 11.9 Å². The summed E-state index contributed by atoms with van der Waals surface area (Å²) in [5, 5.41) is 5.44. The van der Waals surface area contributed by atoms with E-state index >= 15 is 0 Å². The number of hydrogen-bond acceptors (Lipinski definition) is 3. The molecule has 0 radical (unpaired) electrons. The summed E-state index contributed by atoms with van der Waals surface area (Å²) >= 11 is 7.53. The lowest BCUT2D eigenvalue weighted by Crippen LogP contribution is -2.31. The molecule has 0 bridgehead atoms. The minimum atomic E-state index is -0.248. The van der Waals surface area contributed by atoms with Gasteiger partial charge in [-0.1, -0.05) is 17.7 Å². The molecule has 0 saturated carbocycles. The fourth-order valence-corrected chi connectivity index (χ4v) is 3.34. The molecule has 130 valence electrons. The minimum Gasteiger partial charge on any atom is -0.307 e. The molecule has 0 unspecified atom stereocenters. The van der Waals surface area contributed by atoms with E-state index < -0.39 is 0 Å². The van der Waals surface area contributed by atoms with Gasteiger partial charge in [0.2, 0.25) is 0 Å². The average molecular weight is 385 g/mol. The number of carbonyl (C=O) groups is 1. The van der Waals surface area contributed by atoms with E-state index in [1.165, 1.54) is 16.2 Å². The van der Waals surface area contributed by atoms with Gasteiger partial charge in [-0.05, 0) is 30.3 Å². The molecule has 0 aliphatic carbocycles. The molecule has 26 heavy (non-hydrogen) atoms. The number of urea groups is 1. The topological polar surface area (TPSA) is 75.2 Å². The summed E-state index contributed by atoms with van der Waals surface area (Å²) in [6.07, 6.45) is 0. The lowest BCUT2D eigenvalue weighted by atomic mass is 10.2. The Bertz CT molecular complexity index is 1080. The van der Waals surface area contributed by atoms with Gasteiger partial charge in [0.25, 0.3) is 0 Å². The predicted octanol–water partition coefficient (Wildman–Crippen LogP) is 4.43. The van der Waals surface area contributed by atoms with Crippen molar-refractivity contribution in [2.75, 3.05) is 17.3 Å². The van der Waals surface area contributed by atoms with E-state index in [4.69, 9.17) is 11.6 Å². The third-order valence-electron chi connectivity index (χ3n) is 3.98. The Kier molecular flexibility index (Phi) is 4.32. The number of nitrogens with zero attached hydrogens (tertiary/aromatic N) is 2. The first-order valence-electron chi connectivity index (χ1n) is 7.84. The van der Waals surface area contributed by atoms with E-state index in [0.717, 1.165) is 28.2 Å². The number of aromatic amines is 2. The van der Waals surface area contributed by atoms with Crippen molar-refractivity contribution in [3.05, 3.63) is 58.4 Å². The van der Waals surface area contributed by atoms with Crippen LogP contribution in [0.4, 0.5) is 16.2 Å². The number of aromatic nitrogens is 3. The monoisotopic (exact) mass is 384 g/mol. The van der Waals surface area contributed by atoms with E-state index in [2.05, 4.69) is 20.3 Å². The van der Waals surface area contributed by atoms with Crippen LogP contribution in [0.5, 0.6) is 0 Å². The molecule has 0 aliphatic rings. The molecule has 2 amide bonds. The van der Waals surface area contributed by atoms with Crippen LogP contribution < -0.4 is 15.2 Å². The van der Waals surface area contributed by atoms with E-state index in [9.17, 15) is 4.79 Å². The third kappa shape index (κ3) is 3.26. The molecule has 0 atom stereocenters. The van der Waals surface area contributed by atoms with Crippen LogP contribution in [-0.2, 0) is 0 Å². The second kappa shape index (κ2) is 6.78. The Balaban J connectivity index is 1.56. The van der Waals surface area contributed by atoms with Crippen molar-refractivity contribution >= 4 is 51.4 Å². The smallest absolute Gasteiger partial charge is 0.307 e. The molecule has 2 aromatic carbocycles. The fraction of sp³-hybridized carbons (Fsp3) is 0.0556. The highest BCUT2D eigenvalue weighted by atomic mass is 35.5. The SMILES string of the molecule is CN(C(=O)Nc1ccc2[nH+]c(-c3cscn3)[nH]c2c1)c1cccc(Cl)c1. The zero-order valence-electron chi connectivity index (χ0n) is 13.8. The molecule has 4 aromatic rings. The molecule has 4 rings (SSSR count). The van der Waals surface area contributed by atoms with Gasteiger partial charge in [-0.25, -0.2) is 19.7 Å². The quantitative estimate of drug-likeness (QED) is 0.548. The highest BCUT2D eigenvalue weighted by Gasteiger charge is 2.16. The Morgan fingerprint density at radius 3 is 2.96 bits per heavy atom. The fourth-order valence-electron chi connectivity index (χ4n) is 2.61. The molecule has 2 heterocycles. The van der Waals surface area contributed by atoms with E-state index in [1.807, 2.05) is 35.7 Å². The minimum absolute atomic E-state index is 0.248. The number of amides is 2. The van der Waals surface area contributed by atoms with Gasteiger partial charge in [0.15, 0.2) is 16.7 Å². The predicted molar refractivity (Wildman–Crippen MR) is 105 cm³/mol. The second-order valence-corrected chi connectivity index (χ2v) is 6.88. The van der Waals surface area contributed by atoms with Crippen molar-refractivity contribution in [3.8, 4) is 11.5 Å². The number of nitrogens with one attached hydrogen (secondary N) is 3. The summed E-state index contributed by atoms with van der Waals surface area (Å²) in [5.41, 5.74) is 5.88. The lowest BCUT2D eigenvalue weighted by molar-refractivity contribution is -0.330. The van der Waals surface area contributed by atoms with E-state index in [-0.39, 0.29) is 6.03 Å². The summed E-state index contributed by atoms with van der Waals surface area (Å²) in [5.74, 6) is 0.834. The highest BCUT2D eigenvalue weighted by molar-refractivity contribution is 7.07. The van der Waals surface area contributed by atoms with E-state index in [0.29, 0.717) is 10.7 Å². The Labute approximate surface area is 158 Å². The van der Waals surface area contributed by atoms with Gasteiger partial charge in [-0.3, -0.25) is 4.90 Å². The number of anilines is 2. The molecule has 0 spiro atoms. The van der Waals surface area contributed by atoms with Crippen LogP contribution in [0.25, 0.3) is 22.6 Å². The van der Waals surface area contributed by atoms with Crippen LogP contribution in [0.15, 0.2) is 53.4 Å². The van der Waals surface area contributed by atoms with Gasteiger partial charge in [0.05, 0.1) is 5.51 Å². The zero-order valence-corrected chi connectivity index (χ0v) is 15.4.